The maximum atomic E-state index is 11.2. The number of hydrogen-bond donors (Lipinski definition) is 1. The van der Waals surface area contributed by atoms with Crippen LogP contribution in [0.5, 0.6) is 5.75 Å². The summed E-state index contributed by atoms with van der Waals surface area (Å²) in [5.74, 6) is -0.101. The fraction of sp³-hybridized carbons (Fsp3) is 0.333. The van der Waals surface area contributed by atoms with Gasteiger partial charge in [-0.1, -0.05) is 36.5 Å². The number of anilines is 1. The third-order valence-electron chi connectivity index (χ3n) is 3.14. The summed E-state index contributed by atoms with van der Waals surface area (Å²) in [5.41, 5.74) is 1.67. The number of rotatable bonds is 6. The topological polar surface area (TPSA) is 62.7 Å². The predicted octanol–water partition coefficient (Wildman–Crippen LogP) is 3.05. The molecule has 2 rings (SSSR count). The number of thiazole rings is 1. The van der Waals surface area contributed by atoms with Crippen molar-refractivity contribution in [2.24, 2.45) is 0 Å². The van der Waals surface area contributed by atoms with Gasteiger partial charge >= 0.3 is 5.97 Å². The van der Waals surface area contributed by atoms with Crippen molar-refractivity contribution in [3.63, 3.8) is 0 Å². The molecule has 0 amide bonds. The van der Waals surface area contributed by atoms with Crippen LogP contribution in [0.15, 0.2) is 24.3 Å². The molecular weight excluding hydrogens is 288 g/mol. The van der Waals surface area contributed by atoms with E-state index in [-0.39, 0.29) is 0 Å². The molecule has 112 valence electrons. The van der Waals surface area contributed by atoms with Crippen molar-refractivity contribution in [1.29, 1.82) is 0 Å². The van der Waals surface area contributed by atoms with E-state index < -0.39 is 5.97 Å². The van der Waals surface area contributed by atoms with E-state index >= 15 is 0 Å². The lowest BCUT2D eigenvalue weighted by atomic mass is 10.2. The molecule has 21 heavy (non-hydrogen) atoms. The van der Waals surface area contributed by atoms with Crippen LogP contribution in [0.2, 0.25) is 0 Å². The van der Waals surface area contributed by atoms with E-state index in [9.17, 15) is 9.90 Å². The smallest absolute Gasteiger partial charge is 0.347 e. The summed E-state index contributed by atoms with van der Waals surface area (Å²) in [4.78, 5) is 17.9. The number of nitrogens with zero attached hydrogens (tertiary/aromatic N) is 2. The summed E-state index contributed by atoms with van der Waals surface area (Å²) in [6.45, 7) is 2.52. The van der Waals surface area contributed by atoms with E-state index in [0.717, 1.165) is 11.3 Å². The number of methoxy groups -OCH3 is 1. The predicted molar refractivity (Wildman–Crippen MR) is 83.6 cm³/mol. The van der Waals surface area contributed by atoms with Crippen molar-refractivity contribution in [3.05, 3.63) is 40.4 Å². The molecule has 0 fully saturated rings. The SMILES string of the molecule is CCc1nc(N(C)Cc2ccccc2OC)sc1C(=O)O. The number of carboxylic acids is 1. The first-order valence-corrected chi connectivity index (χ1v) is 7.44. The Morgan fingerprint density at radius 2 is 2.14 bits per heavy atom. The van der Waals surface area contributed by atoms with Crippen LogP contribution in [-0.2, 0) is 13.0 Å². The molecule has 1 heterocycles. The normalized spacial score (nSPS) is 10.4. The molecule has 0 saturated heterocycles. The molecule has 0 bridgehead atoms. The Labute approximate surface area is 127 Å². The third-order valence-corrected chi connectivity index (χ3v) is 4.34. The largest absolute Gasteiger partial charge is 0.496 e. The van der Waals surface area contributed by atoms with Crippen molar-refractivity contribution in [3.8, 4) is 5.75 Å². The van der Waals surface area contributed by atoms with Crippen molar-refractivity contribution in [1.82, 2.24) is 4.98 Å². The van der Waals surface area contributed by atoms with E-state index in [1.165, 1.54) is 11.3 Å². The lowest BCUT2D eigenvalue weighted by Gasteiger charge is -2.17. The van der Waals surface area contributed by atoms with Crippen LogP contribution >= 0.6 is 11.3 Å². The average molecular weight is 306 g/mol. The van der Waals surface area contributed by atoms with E-state index in [1.54, 1.807) is 7.11 Å². The van der Waals surface area contributed by atoms with Gasteiger partial charge in [-0.25, -0.2) is 9.78 Å². The first-order chi connectivity index (χ1) is 10.1. The van der Waals surface area contributed by atoms with Crippen LogP contribution in [0.1, 0.15) is 27.9 Å². The molecule has 2 aromatic rings. The summed E-state index contributed by atoms with van der Waals surface area (Å²) in [5, 5.41) is 9.90. The molecule has 0 aliphatic carbocycles. The zero-order valence-corrected chi connectivity index (χ0v) is 13.1. The molecule has 0 atom stereocenters. The zero-order valence-electron chi connectivity index (χ0n) is 12.3. The summed E-state index contributed by atoms with van der Waals surface area (Å²) >= 11 is 1.21. The number of ether oxygens (including phenoxy) is 1. The number of carboxylic acid groups (broad SMARTS) is 1. The Balaban J connectivity index is 2.24. The summed E-state index contributed by atoms with van der Waals surface area (Å²) in [6, 6.07) is 7.77. The number of para-hydroxylation sites is 1. The average Bonchev–Trinajstić information content (AvgIpc) is 2.92. The molecule has 1 aromatic carbocycles. The van der Waals surface area contributed by atoms with Crippen molar-refractivity contribution >= 4 is 22.4 Å². The van der Waals surface area contributed by atoms with Crippen molar-refractivity contribution in [2.75, 3.05) is 19.1 Å². The minimum absolute atomic E-state index is 0.319. The Morgan fingerprint density at radius 1 is 1.43 bits per heavy atom. The highest BCUT2D eigenvalue weighted by molar-refractivity contribution is 7.17. The van der Waals surface area contributed by atoms with E-state index in [0.29, 0.717) is 28.7 Å². The lowest BCUT2D eigenvalue weighted by molar-refractivity contribution is 0.0701. The molecule has 0 radical (unpaired) electrons. The van der Waals surface area contributed by atoms with Gasteiger partial charge in [0.05, 0.1) is 12.8 Å². The van der Waals surface area contributed by atoms with Gasteiger partial charge < -0.3 is 14.7 Å². The maximum absolute atomic E-state index is 11.2. The van der Waals surface area contributed by atoms with Gasteiger partial charge in [0.1, 0.15) is 10.6 Å². The first kappa shape index (κ1) is 15.3. The standard InChI is InChI=1S/C15H18N2O3S/c1-4-11-13(14(18)19)21-15(16-11)17(2)9-10-7-5-6-8-12(10)20-3/h5-8H,4,9H2,1-3H3,(H,18,19). The summed E-state index contributed by atoms with van der Waals surface area (Å²) in [7, 11) is 3.54. The van der Waals surface area contributed by atoms with Gasteiger partial charge in [-0.3, -0.25) is 0 Å². The van der Waals surface area contributed by atoms with Crippen LogP contribution in [0.4, 0.5) is 5.13 Å². The molecule has 5 nitrogen and oxygen atoms in total. The number of hydrogen-bond acceptors (Lipinski definition) is 5. The first-order valence-electron chi connectivity index (χ1n) is 6.62. The molecule has 0 saturated carbocycles. The van der Waals surface area contributed by atoms with E-state index in [4.69, 9.17) is 4.74 Å². The van der Waals surface area contributed by atoms with E-state index in [1.807, 2.05) is 43.1 Å². The number of aromatic carboxylic acids is 1. The monoisotopic (exact) mass is 306 g/mol. The second-order valence-corrected chi connectivity index (χ2v) is 5.58. The molecular formula is C15H18N2O3S. The van der Waals surface area contributed by atoms with Crippen LogP contribution < -0.4 is 9.64 Å². The number of aryl methyl sites for hydroxylation is 1. The Morgan fingerprint density at radius 3 is 2.71 bits per heavy atom. The van der Waals surface area contributed by atoms with Crippen molar-refractivity contribution < 1.29 is 14.6 Å². The van der Waals surface area contributed by atoms with Crippen LogP contribution in [0.25, 0.3) is 0 Å². The molecule has 6 heteroatoms. The van der Waals surface area contributed by atoms with Crippen LogP contribution in [-0.4, -0.2) is 30.2 Å². The van der Waals surface area contributed by atoms with Crippen LogP contribution in [0, 0.1) is 0 Å². The molecule has 0 spiro atoms. The van der Waals surface area contributed by atoms with Gasteiger partial charge in [-0.05, 0) is 12.5 Å². The van der Waals surface area contributed by atoms with Gasteiger partial charge in [0.15, 0.2) is 5.13 Å². The van der Waals surface area contributed by atoms with Gasteiger partial charge in [0.2, 0.25) is 0 Å². The fourth-order valence-electron chi connectivity index (χ4n) is 2.07. The Kier molecular flexibility index (Phi) is 4.80. The Hall–Kier alpha value is -2.08. The number of benzene rings is 1. The molecule has 0 unspecified atom stereocenters. The summed E-state index contributed by atoms with van der Waals surface area (Å²) < 4.78 is 5.33. The van der Waals surface area contributed by atoms with E-state index in [2.05, 4.69) is 4.98 Å². The minimum Gasteiger partial charge on any atom is -0.496 e. The molecule has 1 aromatic heterocycles. The highest BCUT2D eigenvalue weighted by atomic mass is 32.1. The molecule has 1 N–H and O–H groups in total. The van der Waals surface area contributed by atoms with Gasteiger partial charge in [-0.2, -0.15) is 0 Å². The maximum Gasteiger partial charge on any atom is 0.347 e. The minimum atomic E-state index is -0.915. The zero-order chi connectivity index (χ0) is 15.4. The molecule has 0 aliphatic heterocycles. The molecule has 0 aliphatic rings. The highest BCUT2D eigenvalue weighted by Crippen LogP contribution is 2.28. The second-order valence-electron chi connectivity index (χ2n) is 4.60. The van der Waals surface area contributed by atoms with Crippen molar-refractivity contribution in [2.45, 2.75) is 19.9 Å². The Bertz CT molecular complexity index is 640. The fourth-order valence-corrected chi connectivity index (χ4v) is 3.02. The van der Waals surface area contributed by atoms with Gasteiger partial charge in [-0.15, -0.1) is 0 Å². The van der Waals surface area contributed by atoms with Gasteiger partial charge in [0, 0.05) is 19.2 Å². The number of carbonyl (C=O) groups is 1. The summed E-state index contributed by atoms with van der Waals surface area (Å²) in [6.07, 6.45) is 0.612. The quantitative estimate of drug-likeness (QED) is 0.888. The van der Waals surface area contributed by atoms with Crippen LogP contribution in [0.3, 0.4) is 0 Å². The third kappa shape index (κ3) is 3.33. The number of aromatic nitrogens is 1. The second kappa shape index (κ2) is 6.58. The highest BCUT2D eigenvalue weighted by Gasteiger charge is 2.18. The van der Waals surface area contributed by atoms with Gasteiger partial charge in [0.25, 0.3) is 0 Å². The lowest BCUT2D eigenvalue weighted by Crippen LogP contribution is -2.16.